The van der Waals surface area contributed by atoms with E-state index >= 15 is 0 Å². The number of esters is 1. The van der Waals surface area contributed by atoms with Crippen LogP contribution in [0.4, 0.5) is 4.79 Å². The fourth-order valence-electron chi connectivity index (χ4n) is 3.00. The van der Waals surface area contributed by atoms with Gasteiger partial charge in [-0.2, -0.15) is 0 Å². The van der Waals surface area contributed by atoms with Crippen molar-refractivity contribution < 1.29 is 19.1 Å². The number of piperidine rings is 1. The van der Waals surface area contributed by atoms with E-state index in [2.05, 4.69) is 15.0 Å². The third kappa shape index (κ3) is 4.67. The molecule has 0 bridgehead atoms. The second-order valence-electron chi connectivity index (χ2n) is 5.88. The molecule has 2 atom stereocenters. The first-order valence-electron chi connectivity index (χ1n) is 7.24. The van der Waals surface area contributed by atoms with Gasteiger partial charge in [-0.1, -0.05) is 12.8 Å². The van der Waals surface area contributed by atoms with Crippen molar-refractivity contribution in [2.45, 2.75) is 31.7 Å². The molecule has 0 aromatic carbocycles. The molecule has 6 nitrogen and oxygen atoms in total. The molecule has 0 spiro atoms. The average molecular weight is 284 g/mol. The van der Waals surface area contributed by atoms with Crippen molar-refractivity contribution in [2.75, 3.05) is 33.9 Å². The van der Waals surface area contributed by atoms with Gasteiger partial charge in [0.15, 0.2) is 0 Å². The Bertz CT molecular complexity index is 331. The van der Waals surface area contributed by atoms with E-state index in [9.17, 15) is 9.59 Å². The number of ether oxygens (including phenoxy) is 2. The fourth-order valence-corrected chi connectivity index (χ4v) is 3.00. The van der Waals surface area contributed by atoms with Crippen LogP contribution >= 0.6 is 0 Å². The molecule has 114 valence electrons. The zero-order valence-electron chi connectivity index (χ0n) is 12.3. The Morgan fingerprint density at radius 3 is 2.50 bits per heavy atom. The number of amides is 1. The van der Waals surface area contributed by atoms with Crippen LogP contribution in [0.25, 0.3) is 0 Å². The minimum atomic E-state index is -0.403. The first-order chi connectivity index (χ1) is 9.60. The lowest BCUT2D eigenvalue weighted by molar-refractivity contribution is -0.142. The second kappa shape index (κ2) is 6.92. The molecule has 0 radical (unpaired) electrons. The van der Waals surface area contributed by atoms with Gasteiger partial charge in [-0.3, -0.25) is 9.69 Å². The molecule has 1 saturated heterocycles. The minimum absolute atomic E-state index is 0.0459. The Kier molecular flexibility index (Phi) is 5.23. The van der Waals surface area contributed by atoms with E-state index in [1.807, 2.05) is 0 Å². The van der Waals surface area contributed by atoms with Crippen molar-refractivity contribution in [3.05, 3.63) is 0 Å². The molecular weight excluding hydrogens is 260 g/mol. The largest absolute Gasteiger partial charge is 0.468 e. The highest BCUT2D eigenvalue weighted by molar-refractivity contribution is 5.71. The van der Waals surface area contributed by atoms with Crippen LogP contribution < -0.4 is 5.32 Å². The van der Waals surface area contributed by atoms with Gasteiger partial charge in [-0.15, -0.1) is 0 Å². The van der Waals surface area contributed by atoms with Gasteiger partial charge in [0.2, 0.25) is 0 Å². The van der Waals surface area contributed by atoms with Crippen molar-refractivity contribution in [1.82, 2.24) is 10.2 Å². The van der Waals surface area contributed by atoms with Gasteiger partial charge in [-0.25, -0.2) is 4.79 Å². The molecule has 20 heavy (non-hydrogen) atoms. The molecule has 1 N–H and O–H groups in total. The summed E-state index contributed by atoms with van der Waals surface area (Å²) in [7, 11) is 2.77. The van der Waals surface area contributed by atoms with Gasteiger partial charge < -0.3 is 14.8 Å². The van der Waals surface area contributed by atoms with Crippen LogP contribution in [0, 0.1) is 11.8 Å². The summed E-state index contributed by atoms with van der Waals surface area (Å²) < 4.78 is 9.39. The van der Waals surface area contributed by atoms with E-state index in [1.54, 1.807) is 0 Å². The van der Waals surface area contributed by atoms with E-state index in [1.165, 1.54) is 33.5 Å². The molecule has 2 aliphatic rings. The summed E-state index contributed by atoms with van der Waals surface area (Å²) in [5.41, 5.74) is 0. The molecule has 2 fully saturated rings. The van der Waals surface area contributed by atoms with Crippen molar-refractivity contribution >= 4 is 12.1 Å². The maximum absolute atomic E-state index is 11.4. The highest BCUT2D eigenvalue weighted by Gasteiger charge is 2.33. The number of carbonyl (C=O) groups excluding carboxylic acids is 2. The van der Waals surface area contributed by atoms with Crippen molar-refractivity contribution in [3.8, 4) is 0 Å². The summed E-state index contributed by atoms with van der Waals surface area (Å²) >= 11 is 0. The Morgan fingerprint density at radius 1 is 1.15 bits per heavy atom. The summed E-state index contributed by atoms with van der Waals surface area (Å²) in [6, 6.07) is 0.0459. The molecule has 0 aromatic rings. The van der Waals surface area contributed by atoms with Crippen LogP contribution in [0.2, 0.25) is 0 Å². The number of hydrogen-bond donors (Lipinski definition) is 1. The molecule has 1 saturated carbocycles. The molecule has 1 heterocycles. The second-order valence-corrected chi connectivity index (χ2v) is 5.88. The number of rotatable bonds is 5. The Labute approximate surface area is 119 Å². The molecule has 1 aliphatic heterocycles. The van der Waals surface area contributed by atoms with Gasteiger partial charge in [0.05, 0.1) is 20.8 Å². The predicted molar refractivity (Wildman–Crippen MR) is 73.2 cm³/mol. The maximum atomic E-state index is 11.4. The average Bonchev–Trinajstić information content (AvgIpc) is 3.22. The third-order valence-corrected chi connectivity index (χ3v) is 4.06. The van der Waals surface area contributed by atoms with Crippen LogP contribution in [0.15, 0.2) is 0 Å². The summed E-state index contributed by atoms with van der Waals surface area (Å²) in [5.74, 6) is 1.15. The van der Waals surface area contributed by atoms with E-state index < -0.39 is 6.09 Å². The lowest BCUT2D eigenvalue weighted by Gasteiger charge is -2.37. The topological polar surface area (TPSA) is 67.9 Å². The van der Waals surface area contributed by atoms with Gasteiger partial charge >= 0.3 is 12.1 Å². The standard InChI is InChI=1S/C14H24N2O4/c1-19-13(17)9-16-7-11(5-10-3-4-10)6-12(8-16)15-14(18)20-2/h10-12H,3-9H2,1-2H3,(H,15,18). The number of hydrogen-bond acceptors (Lipinski definition) is 5. The predicted octanol–water partition coefficient (Wildman–Crippen LogP) is 1.01. The quantitative estimate of drug-likeness (QED) is 0.763. The van der Waals surface area contributed by atoms with Crippen molar-refractivity contribution in [2.24, 2.45) is 11.8 Å². The number of nitrogens with zero attached hydrogens (tertiary/aromatic N) is 1. The molecule has 1 aliphatic carbocycles. The zero-order chi connectivity index (χ0) is 14.5. The lowest BCUT2D eigenvalue weighted by atomic mass is 9.90. The fraction of sp³-hybridized carbons (Fsp3) is 0.857. The number of methoxy groups -OCH3 is 2. The van der Waals surface area contributed by atoms with E-state index in [0.29, 0.717) is 12.5 Å². The van der Waals surface area contributed by atoms with Gasteiger partial charge in [0.1, 0.15) is 0 Å². The van der Waals surface area contributed by atoms with Crippen LogP contribution in [0.1, 0.15) is 25.7 Å². The molecular formula is C14H24N2O4. The van der Waals surface area contributed by atoms with Crippen LogP contribution in [-0.2, 0) is 14.3 Å². The minimum Gasteiger partial charge on any atom is -0.468 e. The Hall–Kier alpha value is -1.30. The lowest BCUT2D eigenvalue weighted by Crippen LogP contribution is -2.52. The molecule has 6 heteroatoms. The van der Waals surface area contributed by atoms with E-state index in [0.717, 1.165) is 18.9 Å². The SMILES string of the molecule is COC(=O)CN1CC(CC2CC2)CC(NC(=O)OC)C1. The van der Waals surface area contributed by atoms with Crippen molar-refractivity contribution in [3.63, 3.8) is 0 Å². The van der Waals surface area contributed by atoms with Crippen LogP contribution in [0.5, 0.6) is 0 Å². The first kappa shape index (κ1) is 15.1. The molecule has 0 aromatic heterocycles. The Morgan fingerprint density at radius 2 is 1.90 bits per heavy atom. The zero-order valence-corrected chi connectivity index (χ0v) is 12.3. The smallest absolute Gasteiger partial charge is 0.407 e. The van der Waals surface area contributed by atoms with Crippen LogP contribution in [-0.4, -0.2) is 56.9 Å². The van der Waals surface area contributed by atoms with Gasteiger partial charge in [0.25, 0.3) is 0 Å². The van der Waals surface area contributed by atoms with E-state index in [-0.39, 0.29) is 18.6 Å². The number of nitrogens with one attached hydrogen (secondary N) is 1. The third-order valence-electron chi connectivity index (χ3n) is 4.06. The number of carbonyl (C=O) groups is 2. The van der Waals surface area contributed by atoms with Gasteiger partial charge in [-0.05, 0) is 24.7 Å². The normalized spacial score (nSPS) is 26.9. The monoisotopic (exact) mass is 284 g/mol. The summed E-state index contributed by atoms with van der Waals surface area (Å²) in [4.78, 5) is 24.9. The van der Waals surface area contributed by atoms with Crippen LogP contribution in [0.3, 0.4) is 0 Å². The molecule has 2 unspecified atom stereocenters. The molecule has 1 amide bonds. The van der Waals surface area contributed by atoms with Crippen molar-refractivity contribution in [1.29, 1.82) is 0 Å². The van der Waals surface area contributed by atoms with E-state index in [4.69, 9.17) is 4.74 Å². The summed E-state index contributed by atoms with van der Waals surface area (Å²) in [6.07, 6.45) is 4.39. The highest BCUT2D eigenvalue weighted by Crippen LogP contribution is 2.37. The first-order valence-corrected chi connectivity index (χ1v) is 7.24. The number of alkyl carbamates (subject to hydrolysis) is 1. The summed E-state index contributed by atoms with van der Waals surface area (Å²) in [6.45, 7) is 1.87. The number of likely N-dealkylation sites (tertiary alicyclic amines) is 1. The summed E-state index contributed by atoms with van der Waals surface area (Å²) in [5, 5.41) is 2.86. The highest BCUT2D eigenvalue weighted by atomic mass is 16.5. The Balaban J connectivity index is 1.89. The maximum Gasteiger partial charge on any atom is 0.407 e. The van der Waals surface area contributed by atoms with Gasteiger partial charge in [0, 0.05) is 19.1 Å². The molecule has 2 rings (SSSR count).